The number of hydrogen-bond acceptors (Lipinski definition) is 3. The quantitative estimate of drug-likeness (QED) is 0.906. The molecule has 1 atom stereocenters. The molecule has 0 aliphatic carbocycles. The second-order valence-electron chi connectivity index (χ2n) is 5.52. The van der Waals surface area contributed by atoms with Crippen LogP contribution in [-0.2, 0) is 9.59 Å². The molecule has 22 heavy (non-hydrogen) atoms. The van der Waals surface area contributed by atoms with E-state index in [1.54, 1.807) is 11.0 Å². The zero-order chi connectivity index (χ0) is 15.9. The van der Waals surface area contributed by atoms with Crippen molar-refractivity contribution in [3.63, 3.8) is 0 Å². The van der Waals surface area contributed by atoms with Crippen LogP contribution < -0.4 is 4.74 Å². The van der Waals surface area contributed by atoms with Crippen molar-refractivity contribution in [2.45, 2.75) is 25.7 Å². The van der Waals surface area contributed by atoms with Gasteiger partial charge < -0.3 is 14.7 Å². The van der Waals surface area contributed by atoms with Gasteiger partial charge in [0.25, 0.3) is 5.91 Å². The lowest BCUT2D eigenvalue weighted by Crippen LogP contribution is -2.35. The Kier molecular flexibility index (Phi) is 5.75. The predicted octanol–water partition coefficient (Wildman–Crippen LogP) is 2.31. The number of carbonyl (C=O) groups excluding carboxylic acids is 1. The maximum atomic E-state index is 13.0. The van der Waals surface area contributed by atoms with Gasteiger partial charge >= 0.3 is 5.97 Å². The minimum Gasteiger partial charge on any atom is -0.484 e. The standard InChI is InChI=1S/C16H20FNO4/c17-13-4-1-5-14(10-13)22-11-15(19)18-7-2-3-12(6-8-18)9-16(20)21/h1,4-5,10,12H,2-3,6-9,11H2,(H,20,21). The van der Waals surface area contributed by atoms with Crippen molar-refractivity contribution in [3.8, 4) is 5.75 Å². The van der Waals surface area contributed by atoms with Gasteiger partial charge in [-0.05, 0) is 37.3 Å². The summed E-state index contributed by atoms with van der Waals surface area (Å²) >= 11 is 0. The number of carbonyl (C=O) groups is 2. The first-order valence-corrected chi connectivity index (χ1v) is 7.42. The first-order chi connectivity index (χ1) is 10.5. The van der Waals surface area contributed by atoms with E-state index in [1.165, 1.54) is 18.2 Å². The first kappa shape index (κ1) is 16.3. The van der Waals surface area contributed by atoms with Gasteiger partial charge in [0.05, 0.1) is 0 Å². The summed E-state index contributed by atoms with van der Waals surface area (Å²) in [7, 11) is 0. The van der Waals surface area contributed by atoms with Gasteiger partial charge in [-0.25, -0.2) is 4.39 Å². The molecule has 1 aliphatic rings. The predicted molar refractivity (Wildman–Crippen MR) is 78.1 cm³/mol. The smallest absolute Gasteiger partial charge is 0.303 e. The Morgan fingerprint density at radius 3 is 2.86 bits per heavy atom. The molecular weight excluding hydrogens is 289 g/mol. The number of likely N-dealkylation sites (tertiary alicyclic amines) is 1. The van der Waals surface area contributed by atoms with E-state index in [-0.39, 0.29) is 24.9 Å². The zero-order valence-electron chi connectivity index (χ0n) is 12.3. The van der Waals surface area contributed by atoms with Crippen LogP contribution in [0.15, 0.2) is 24.3 Å². The fourth-order valence-corrected chi connectivity index (χ4v) is 2.66. The third kappa shape index (κ3) is 5.02. The number of nitrogens with zero attached hydrogens (tertiary/aromatic N) is 1. The summed E-state index contributed by atoms with van der Waals surface area (Å²) in [6.07, 6.45) is 2.46. The number of ether oxygens (including phenoxy) is 1. The number of carboxylic acids is 1. The van der Waals surface area contributed by atoms with Crippen LogP contribution in [0.1, 0.15) is 25.7 Å². The Labute approximate surface area is 128 Å². The second kappa shape index (κ2) is 7.77. The maximum Gasteiger partial charge on any atom is 0.303 e. The SMILES string of the molecule is O=C(O)CC1CCCN(C(=O)COc2cccc(F)c2)CC1. The van der Waals surface area contributed by atoms with E-state index in [1.807, 2.05) is 0 Å². The van der Waals surface area contributed by atoms with Crippen LogP contribution in [0.2, 0.25) is 0 Å². The number of amides is 1. The first-order valence-electron chi connectivity index (χ1n) is 7.42. The molecule has 1 N–H and O–H groups in total. The highest BCUT2D eigenvalue weighted by Crippen LogP contribution is 2.21. The van der Waals surface area contributed by atoms with Crippen molar-refractivity contribution < 1.29 is 23.8 Å². The average molecular weight is 309 g/mol. The molecule has 1 unspecified atom stereocenters. The molecular formula is C16H20FNO4. The molecule has 1 fully saturated rings. The van der Waals surface area contributed by atoms with E-state index in [0.29, 0.717) is 25.3 Å². The Hall–Kier alpha value is -2.11. The summed E-state index contributed by atoms with van der Waals surface area (Å²) < 4.78 is 18.3. The molecule has 5 nitrogen and oxygen atoms in total. The van der Waals surface area contributed by atoms with Crippen molar-refractivity contribution in [1.82, 2.24) is 4.90 Å². The minimum absolute atomic E-state index is 0.124. The summed E-state index contributed by atoms with van der Waals surface area (Å²) in [5, 5.41) is 8.83. The lowest BCUT2D eigenvalue weighted by Gasteiger charge is -2.20. The highest BCUT2D eigenvalue weighted by Gasteiger charge is 2.22. The van der Waals surface area contributed by atoms with Crippen molar-refractivity contribution in [1.29, 1.82) is 0 Å². The topological polar surface area (TPSA) is 66.8 Å². The van der Waals surface area contributed by atoms with E-state index >= 15 is 0 Å². The van der Waals surface area contributed by atoms with Gasteiger partial charge in [0, 0.05) is 25.6 Å². The molecule has 0 spiro atoms. The molecule has 1 saturated heterocycles. The highest BCUT2D eigenvalue weighted by molar-refractivity contribution is 5.77. The summed E-state index contributed by atoms with van der Waals surface area (Å²) in [6, 6.07) is 5.67. The van der Waals surface area contributed by atoms with Crippen LogP contribution in [0, 0.1) is 11.7 Å². The van der Waals surface area contributed by atoms with Gasteiger partial charge in [-0.1, -0.05) is 6.07 Å². The maximum absolute atomic E-state index is 13.0. The Morgan fingerprint density at radius 1 is 1.32 bits per heavy atom. The van der Waals surface area contributed by atoms with Gasteiger partial charge in [-0.15, -0.1) is 0 Å². The van der Waals surface area contributed by atoms with Crippen LogP contribution in [0.5, 0.6) is 5.75 Å². The Morgan fingerprint density at radius 2 is 2.14 bits per heavy atom. The van der Waals surface area contributed by atoms with E-state index in [4.69, 9.17) is 9.84 Å². The number of hydrogen-bond donors (Lipinski definition) is 1. The van der Waals surface area contributed by atoms with Crippen LogP contribution in [0.4, 0.5) is 4.39 Å². The molecule has 1 aromatic rings. The largest absolute Gasteiger partial charge is 0.484 e. The molecule has 0 radical (unpaired) electrons. The van der Waals surface area contributed by atoms with Crippen molar-refractivity contribution in [3.05, 3.63) is 30.1 Å². The van der Waals surface area contributed by atoms with E-state index in [0.717, 1.165) is 12.8 Å². The lowest BCUT2D eigenvalue weighted by atomic mass is 9.97. The highest BCUT2D eigenvalue weighted by atomic mass is 19.1. The van der Waals surface area contributed by atoms with Gasteiger partial charge in [0.1, 0.15) is 11.6 Å². The summed E-state index contributed by atoms with van der Waals surface area (Å²) in [5.74, 6) is -0.901. The Balaban J connectivity index is 1.81. The lowest BCUT2D eigenvalue weighted by molar-refractivity contribution is -0.138. The monoisotopic (exact) mass is 309 g/mol. The second-order valence-corrected chi connectivity index (χ2v) is 5.52. The van der Waals surface area contributed by atoms with E-state index in [9.17, 15) is 14.0 Å². The summed E-state index contributed by atoms with van der Waals surface area (Å²) in [5.41, 5.74) is 0. The van der Waals surface area contributed by atoms with Gasteiger partial charge in [-0.2, -0.15) is 0 Å². The molecule has 0 saturated carbocycles. The van der Waals surface area contributed by atoms with Crippen molar-refractivity contribution in [2.24, 2.45) is 5.92 Å². The fourth-order valence-electron chi connectivity index (χ4n) is 2.66. The third-order valence-corrected chi connectivity index (χ3v) is 3.82. The molecule has 120 valence electrons. The van der Waals surface area contributed by atoms with Gasteiger partial charge in [-0.3, -0.25) is 9.59 Å². The zero-order valence-corrected chi connectivity index (χ0v) is 12.3. The van der Waals surface area contributed by atoms with Crippen LogP contribution in [-0.4, -0.2) is 41.6 Å². The average Bonchev–Trinajstić information content (AvgIpc) is 2.70. The van der Waals surface area contributed by atoms with Gasteiger partial charge in [0.2, 0.25) is 0 Å². The molecule has 1 aliphatic heterocycles. The summed E-state index contributed by atoms with van der Waals surface area (Å²) in [4.78, 5) is 24.6. The number of rotatable bonds is 5. The molecule has 1 heterocycles. The summed E-state index contributed by atoms with van der Waals surface area (Å²) in [6.45, 7) is 1.03. The number of aliphatic carboxylic acids is 1. The number of benzene rings is 1. The van der Waals surface area contributed by atoms with Crippen molar-refractivity contribution >= 4 is 11.9 Å². The normalized spacial score (nSPS) is 18.6. The molecule has 1 amide bonds. The van der Waals surface area contributed by atoms with Crippen LogP contribution in [0.25, 0.3) is 0 Å². The molecule has 6 heteroatoms. The van der Waals surface area contributed by atoms with Gasteiger partial charge in [0.15, 0.2) is 6.61 Å². The van der Waals surface area contributed by atoms with E-state index in [2.05, 4.69) is 0 Å². The van der Waals surface area contributed by atoms with Crippen molar-refractivity contribution in [2.75, 3.05) is 19.7 Å². The minimum atomic E-state index is -0.792. The van der Waals surface area contributed by atoms with E-state index < -0.39 is 11.8 Å². The Bertz CT molecular complexity index is 535. The molecule has 0 aromatic heterocycles. The third-order valence-electron chi connectivity index (χ3n) is 3.82. The fraction of sp³-hybridized carbons (Fsp3) is 0.500. The van der Waals surface area contributed by atoms with Crippen LogP contribution >= 0.6 is 0 Å². The van der Waals surface area contributed by atoms with Crippen LogP contribution in [0.3, 0.4) is 0 Å². The molecule has 2 rings (SSSR count). The number of carboxylic acid groups (broad SMARTS) is 1. The molecule has 1 aromatic carbocycles. The number of halogens is 1. The molecule has 0 bridgehead atoms.